The molecule has 5 atom stereocenters. The molecule has 0 bridgehead atoms. The van der Waals surface area contributed by atoms with Crippen molar-refractivity contribution in [2.45, 2.75) is 31.7 Å². The Hall–Kier alpha value is -0.540. The number of hydrogen-bond donors (Lipinski definition) is 1. The maximum Gasteiger partial charge on any atom is 0.327 e. The summed E-state index contributed by atoms with van der Waals surface area (Å²) in [5.74, 6) is -0.214. The highest BCUT2D eigenvalue weighted by molar-refractivity contribution is 6.21. The van der Waals surface area contributed by atoms with Crippen LogP contribution < -0.4 is 0 Å². The van der Waals surface area contributed by atoms with Gasteiger partial charge in [0.2, 0.25) is 0 Å². The second-order valence-corrected chi connectivity index (χ2v) is 5.07. The second-order valence-electron chi connectivity index (χ2n) is 4.57. The maximum atomic E-state index is 10.5. The van der Waals surface area contributed by atoms with Crippen LogP contribution in [0.3, 0.4) is 0 Å². The molecule has 3 nitrogen and oxygen atoms in total. The van der Waals surface area contributed by atoms with Gasteiger partial charge in [-0.3, -0.25) is 0 Å². The molecule has 0 radical (unpaired) electrons. The molecule has 92 valence electrons. The fourth-order valence-electron chi connectivity index (χ4n) is 2.47. The van der Waals surface area contributed by atoms with Gasteiger partial charge in [-0.05, 0) is 18.3 Å². The number of carbonyl (C=O) groups is 1. The third-order valence-corrected chi connectivity index (χ3v) is 4.28. The number of rotatable bonds is 3. The predicted molar refractivity (Wildman–Crippen MR) is 63.6 cm³/mol. The van der Waals surface area contributed by atoms with Gasteiger partial charge in [0.1, 0.15) is 0 Å². The van der Waals surface area contributed by atoms with E-state index < -0.39 is 5.97 Å². The highest BCUT2D eigenvalue weighted by Crippen LogP contribution is 2.39. The Balaban J connectivity index is 2.81. The summed E-state index contributed by atoms with van der Waals surface area (Å²) < 4.78 is 5.42. The first-order valence-electron chi connectivity index (χ1n) is 5.55. The summed E-state index contributed by atoms with van der Waals surface area (Å²) in [6, 6.07) is 0. The zero-order valence-corrected chi connectivity index (χ0v) is 10.6. The maximum absolute atomic E-state index is 10.5. The Labute approximate surface area is 101 Å². The molecular weight excluding hydrogens is 228 g/mol. The molecule has 0 aromatic rings. The van der Waals surface area contributed by atoms with Gasteiger partial charge >= 0.3 is 5.97 Å². The number of alkyl halides is 1. The van der Waals surface area contributed by atoms with Gasteiger partial charge in [-0.15, -0.1) is 11.6 Å². The van der Waals surface area contributed by atoms with Crippen LogP contribution in [0.1, 0.15) is 20.3 Å². The normalized spacial score (nSPS) is 40.1. The fraction of sp³-hybridized carbons (Fsp3) is 0.750. The smallest absolute Gasteiger partial charge is 0.327 e. The van der Waals surface area contributed by atoms with Crippen LogP contribution in [-0.4, -0.2) is 29.7 Å². The molecule has 0 aromatic carbocycles. The third-order valence-electron chi connectivity index (χ3n) is 3.45. The number of ether oxygens (including phenoxy) is 1. The van der Waals surface area contributed by atoms with Crippen molar-refractivity contribution in [2.24, 2.45) is 17.8 Å². The summed E-state index contributed by atoms with van der Waals surface area (Å²) in [4.78, 5) is 10.5. The quantitative estimate of drug-likeness (QED) is 0.615. The minimum absolute atomic E-state index is 0.0654. The summed E-state index contributed by atoms with van der Waals surface area (Å²) in [7, 11) is 1.67. The standard InChI is InChI=1S/C12H19ClO3/c1-7-6-10(16-3)9(4-5-11(14)15)8(2)12(7)13/h4-5,7-10,12H,6H2,1-3H3,(H,14,15)/b5-4-/t7-,8-,9+,10-,12+/m0/s1. The Bertz CT molecular complexity index is 275. The number of halogens is 1. The van der Waals surface area contributed by atoms with Gasteiger partial charge in [0.15, 0.2) is 0 Å². The highest BCUT2D eigenvalue weighted by Gasteiger charge is 2.38. The number of carboxylic acid groups (broad SMARTS) is 1. The number of carboxylic acids is 1. The third kappa shape index (κ3) is 2.98. The van der Waals surface area contributed by atoms with Crippen LogP contribution in [0.15, 0.2) is 12.2 Å². The number of hydrogen-bond acceptors (Lipinski definition) is 2. The molecule has 4 heteroatoms. The zero-order valence-electron chi connectivity index (χ0n) is 9.89. The van der Waals surface area contributed by atoms with E-state index in [9.17, 15) is 4.79 Å². The lowest BCUT2D eigenvalue weighted by atomic mass is 9.73. The molecule has 0 saturated heterocycles. The van der Waals surface area contributed by atoms with E-state index in [0.29, 0.717) is 5.92 Å². The molecule has 1 aliphatic rings. The van der Waals surface area contributed by atoms with Crippen LogP contribution in [0.25, 0.3) is 0 Å². The van der Waals surface area contributed by atoms with Crippen LogP contribution in [-0.2, 0) is 9.53 Å². The van der Waals surface area contributed by atoms with Crippen molar-refractivity contribution >= 4 is 17.6 Å². The minimum atomic E-state index is -0.924. The van der Waals surface area contributed by atoms with Crippen LogP contribution in [0.5, 0.6) is 0 Å². The molecule has 0 aliphatic heterocycles. The van der Waals surface area contributed by atoms with E-state index in [4.69, 9.17) is 21.4 Å². The van der Waals surface area contributed by atoms with E-state index in [0.717, 1.165) is 6.42 Å². The van der Waals surface area contributed by atoms with E-state index in [1.807, 2.05) is 0 Å². The van der Waals surface area contributed by atoms with Crippen LogP contribution in [0.2, 0.25) is 0 Å². The monoisotopic (exact) mass is 246 g/mol. The Morgan fingerprint density at radius 1 is 1.50 bits per heavy atom. The molecule has 1 saturated carbocycles. The van der Waals surface area contributed by atoms with Crippen molar-refractivity contribution < 1.29 is 14.6 Å². The average Bonchev–Trinajstić information content (AvgIpc) is 2.23. The molecule has 0 aromatic heterocycles. The van der Waals surface area contributed by atoms with E-state index in [2.05, 4.69) is 13.8 Å². The van der Waals surface area contributed by atoms with Crippen molar-refractivity contribution in [3.63, 3.8) is 0 Å². The summed E-state index contributed by atoms with van der Waals surface area (Å²) in [6.07, 6.45) is 3.84. The summed E-state index contributed by atoms with van der Waals surface area (Å²) in [5.41, 5.74) is 0. The molecule has 1 fully saturated rings. The van der Waals surface area contributed by atoms with Crippen molar-refractivity contribution in [3.8, 4) is 0 Å². The Kier molecular flexibility index (Phi) is 4.81. The Morgan fingerprint density at radius 3 is 2.62 bits per heavy atom. The summed E-state index contributed by atoms with van der Waals surface area (Å²) in [5, 5.41) is 8.73. The molecule has 1 N–H and O–H groups in total. The van der Waals surface area contributed by atoms with Crippen molar-refractivity contribution in [3.05, 3.63) is 12.2 Å². The fourth-order valence-corrected chi connectivity index (χ4v) is 2.74. The first-order valence-corrected chi connectivity index (χ1v) is 5.99. The lowest BCUT2D eigenvalue weighted by molar-refractivity contribution is -0.131. The molecule has 0 heterocycles. The van der Waals surface area contributed by atoms with E-state index in [1.54, 1.807) is 13.2 Å². The zero-order chi connectivity index (χ0) is 12.3. The molecule has 0 unspecified atom stereocenters. The summed E-state index contributed by atoms with van der Waals surface area (Å²) in [6.45, 7) is 4.16. The first-order chi connectivity index (χ1) is 7.47. The van der Waals surface area contributed by atoms with Crippen molar-refractivity contribution in [1.82, 2.24) is 0 Å². The van der Waals surface area contributed by atoms with E-state index >= 15 is 0 Å². The van der Waals surface area contributed by atoms with Crippen LogP contribution >= 0.6 is 11.6 Å². The van der Waals surface area contributed by atoms with Crippen molar-refractivity contribution in [2.75, 3.05) is 7.11 Å². The molecule has 16 heavy (non-hydrogen) atoms. The topological polar surface area (TPSA) is 46.5 Å². The summed E-state index contributed by atoms with van der Waals surface area (Å²) >= 11 is 6.31. The lowest BCUT2D eigenvalue weighted by Gasteiger charge is -2.40. The molecular formula is C12H19ClO3. The largest absolute Gasteiger partial charge is 0.478 e. The van der Waals surface area contributed by atoms with Gasteiger partial charge in [-0.25, -0.2) is 4.79 Å². The lowest BCUT2D eigenvalue weighted by Crippen LogP contribution is -2.41. The molecule has 1 rings (SSSR count). The number of aliphatic carboxylic acids is 1. The van der Waals surface area contributed by atoms with Gasteiger partial charge in [0, 0.05) is 24.5 Å². The highest BCUT2D eigenvalue weighted by atomic mass is 35.5. The SMILES string of the molecule is CO[C@H]1C[C@H](C)[C@@H](Cl)[C@@H](C)[C@H]1/C=C\C(=O)O. The molecule has 0 amide bonds. The van der Waals surface area contributed by atoms with Crippen LogP contribution in [0, 0.1) is 17.8 Å². The van der Waals surface area contributed by atoms with Gasteiger partial charge in [0.25, 0.3) is 0 Å². The first kappa shape index (κ1) is 13.5. The van der Waals surface area contributed by atoms with Gasteiger partial charge in [-0.2, -0.15) is 0 Å². The van der Waals surface area contributed by atoms with E-state index in [1.165, 1.54) is 6.08 Å². The van der Waals surface area contributed by atoms with Gasteiger partial charge < -0.3 is 9.84 Å². The van der Waals surface area contributed by atoms with Crippen molar-refractivity contribution in [1.29, 1.82) is 0 Å². The average molecular weight is 247 g/mol. The predicted octanol–water partition coefficient (Wildman–Crippen LogP) is 2.54. The number of methoxy groups -OCH3 is 1. The molecule has 1 aliphatic carbocycles. The minimum Gasteiger partial charge on any atom is -0.478 e. The second kappa shape index (κ2) is 5.69. The van der Waals surface area contributed by atoms with Crippen LogP contribution in [0.4, 0.5) is 0 Å². The Morgan fingerprint density at radius 2 is 2.12 bits per heavy atom. The van der Waals surface area contributed by atoms with Gasteiger partial charge in [0.05, 0.1) is 6.10 Å². The van der Waals surface area contributed by atoms with Gasteiger partial charge in [-0.1, -0.05) is 19.9 Å². The van der Waals surface area contributed by atoms with E-state index in [-0.39, 0.29) is 23.3 Å². The molecule has 0 spiro atoms.